The minimum absolute atomic E-state index is 0.0415. The van der Waals surface area contributed by atoms with Crippen molar-refractivity contribution in [1.29, 1.82) is 0 Å². The molecule has 0 unspecified atom stereocenters. The Morgan fingerprint density at radius 1 is 1.34 bits per heavy atom. The van der Waals surface area contributed by atoms with Gasteiger partial charge in [-0.05, 0) is 23.9 Å². The van der Waals surface area contributed by atoms with Crippen molar-refractivity contribution >= 4 is 57.2 Å². The van der Waals surface area contributed by atoms with Crippen molar-refractivity contribution in [1.82, 2.24) is 14.8 Å². The third kappa shape index (κ3) is 4.33. The summed E-state index contributed by atoms with van der Waals surface area (Å²) in [6.45, 7) is 1.58. The maximum absolute atomic E-state index is 12.4. The van der Waals surface area contributed by atoms with E-state index >= 15 is 0 Å². The van der Waals surface area contributed by atoms with Crippen LogP contribution in [0.3, 0.4) is 0 Å². The first-order valence-electron chi connectivity index (χ1n) is 8.20. The molecule has 12 heteroatoms. The Hall–Kier alpha value is -2.70. The Labute approximate surface area is 178 Å². The second kappa shape index (κ2) is 8.76. The lowest BCUT2D eigenvalue weighted by Gasteiger charge is -2.06. The third-order valence-electron chi connectivity index (χ3n) is 3.92. The number of ether oxygens (including phenoxy) is 1. The average molecular weight is 452 g/mol. The highest BCUT2D eigenvalue weighted by Gasteiger charge is 2.25. The number of thioether (sulfide) groups is 1. The van der Waals surface area contributed by atoms with Crippen LogP contribution < -0.4 is 11.1 Å². The number of hydrogen-bond donors (Lipinski definition) is 2. The molecule has 0 fully saturated rings. The normalized spacial score (nSPS) is 10.7. The van der Waals surface area contributed by atoms with Gasteiger partial charge in [0.15, 0.2) is 11.0 Å². The molecule has 2 amide bonds. The Balaban J connectivity index is 1.73. The number of nitrogens with two attached hydrogens (primary N) is 1. The number of esters is 1. The molecule has 0 spiro atoms. The largest absolute Gasteiger partial charge is 0.465 e. The molecule has 0 aromatic carbocycles. The molecule has 152 valence electrons. The van der Waals surface area contributed by atoms with E-state index in [-0.39, 0.29) is 27.1 Å². The van der Waals surface area contributed by atoms with Gasteiger partial charge in [-0.25, -0.2) is 4.79 Å². The van der Waals surface area contributed by atoms with Gasteiger partial charge in [0.25, 0.3) is 5.91 Å². The molecular formula is C17H17N5O4S3. The van der Waals surface area contributed by atoms with Crippen LogP contribution in [0.2, 0.25) is 0 Å². The molecule has 0 saturated carbocycles. The van der Waals surface area contributed by atoms with E-state index in [1.54, 1.807) is 18.3 Å². The summed E-state index contributed by atoms with van der Waals surface area (Å²) in [5, 5.41) is 13.7. The minimum Gasteiger partial charge on any atom is -0.465 e. The summed E-state index contributed by atoms with van der Waals surface area (Å²) in [6, 6.07) is 3.87. The van der Waals surface area contributed by atoms with Gasteiger partial charge in [0.05, 0.1) is 28.2 Å². The lowest BCUT2D eigenvalue weighted by molar-refractivity contribution is -0.113. The Kier molecular flexibility index (Phi) is 6.35. The van der Waals surface area contributed by atoms with Crippen molar-refractivity contribution in [3.8, 4) is 10.7 Å². The number of carbonyl (C=O) groups excluding carboxylic acids is 3. The number of carbonyl (C=O) groups is 3. The van der Waals surface area contributed by atoms with E-state index < -0.39 is 11.9 Å². The molecule has 9 nitrogen and oxygen atoms in total. The molecule has 0 saturated heterocycles. The summed E-state index contributed by atoms with van der Waals surface area (Å²) in [6.07, 6.45) is 0. The van der Waals surface area contributed by atoms with Gasteiger partial charge in [0, 0.05) is 7.05 Å². The fourth-order valence-electron chi connectivity index (χ4n) is 2.54. The van der Waals surface area contributed by atoms with Crippen LogP contribution in [0.25, 0.3) is 10.7 Å². The van der Waals surface area contributed by atoms with Crippen LogP contribution in [0.15, 0.2) is 22.7 Å². The van der Waals surface area contributed by atoms with Gasteiger partial charge in [-0.1, -0.05) is 17.8 Å². The number of amides is 2. The van der Waals surface area contributed by atoms with Crippen LogP contribution in [-0.4, -0.2) is 45.4 Å². The van der Waals surface area contributed by atoms with Gasteiger partial charge in [0.1, 0.15) is 5.00 Å². The van der Waals surface area contributed by atoms with Crippen LogP contribution in [0, 0.1) is 6.92 Å². The molecule has 0 bridgehead atoms. The molecule has 0 aliphatic carbocycles. The van der Waals surface area contributed by atoms with E-state index in [0.717, 1.165) is 22.0 Å². The van der Waals surface area contributed by atoms with Crippen molar-refractivity contribution < 1.29 is 19.1 Å². The zero-order valence-electron chi connectivity index (χ0n) is 15.7. The van der Waals surface area contributed by atoms with Gasteiger partial charge < -0.3 is 20.4 Å². The van der Waals surface area contributed by atoms with Crippen molar-refractivity contribution in [2.24, 2.45) is 12.8 Å². The van der Waals surface area contributed by atoms with Crippen LogP contribution in [0.5, 0.6) is 0 Å². The molecule has 3 rings (SSSR count). The van der Waals surface area contributed by atoms with E-state index in [1.807, 2.05) is 29.1 Å². The van der Waals surface area contributed by atoms with Crippen LogP contribution >= 0.6 is 34.4 Å². The number of thiophene rings is 2. The highest BCUT2D eigenvalue weighted by molar-refractivity contribution is 7.99. The first kappa shape index (κ1) is 21.0. The zero-order valence-corrected chi connectivity index (χ0v) is 18.2. The van der Waals surface area contributed by atoms with Gasteiger partial charge in [-0.2, -0.15) is 0 Å². The van der Waals surface area contributed by atoms with Gasteiger partial charge in [0.2, 0.25) is 5.91 Å². The van der Waals surface area contributed by atoms with Crippen molar-refractivity contribution in [3.05, 3.63) is 33.5 Å². The summed E-state index contributed by atoms with van der Waals surface area (Å²) in [7, 11) is 3.05. The molecule has 0 aliphatic rings. The van der Waals surface area contributed by atoms with E-state index in [9.17, 15) is 14.4 Å². The highest BCUT2D eigenvalue weighted by atomic mass is 32.2. The number of primary amides is 1. The van der Waals surface area contributed by atoms with Crippen LogP contribution in [0.4, 0.5) is 5.00 Å². The van der Waals surface area contributed by atoms with Gasteiger partial charge in [-0.15, -0.1) is 32.9 Å². The summed E-state index contributed by atoms with van der Waals surface area (Å²) >= 11 is 3.70. The Morgan fingerprint density at radius 2 is 2.10 bits per heavy atom. The number of rotatable bonds is 7. The summed E-state index contributed by atoms with van der Waals surface area (Å²) < 4.78 is 6.56. The predicted molar refractivity (Wildman–Crippen MR) is 113 cm³/mol. The standard InChI is InChI=1S/C17H17N5O4S3/c1-8-11(16(25)26-3)15(29-12(8)13(18)24)19-10(23)7-28-17-21-20-14(22(17)2)9-5-4-6-27-9/h4-6H,7H2,1-3H3,(H2,18,24)(H,19,23). The topological polar surface area (TPSA) is 129 Å². The summed E-state index contributed by atoms with van der Waals surface area (Å²) in [5.74, 6) is -0.926. The molecule has 3 aromatic heterocycles. The van der Waals surface area contributed by atoms with Crippen molar-refractivity contribution in [2.75, 3.05) is 18.2 Å². The zero-order chi connectivity index (χ0) is 21.1. The summed E-state index contributed by atoms with van der Waals surface area (Å²) in [4.78, 5) is 37.3. The number of aromatic nitrogens is 3. The number of methoxy groups -OCH3 is 1. The van der Waals surface area contributed by atoms with Crippen molar-refractivity contribution in [3.63, 3.8) is 0 Å². The first-order chi connectivity index (χ1) is 13.8. The van der Waals surface area contributed by atoms with Crippen LogP contribution in [0.1, 0.15) is 25.6 Å². The Bertz CT molecular complexity index is 1070. The molecular weight excluding hydrogens is 434 g/mol. The molecule has 3 heterocycles. The van der Waals surface area contributed by atoms with Crippen LogP contribution in [-0.2, 0) is 16.6 Å². The average Bonchev–Trinajstić information content (AvgIpc) is 3.39. The minimum atomic E-state index is -0.673. The molecule has 3 aromatic rings. The quantitative estimate of drug-likeness (QED) is 0.417. The van der Waals surface area contributed by atoms with Gasteiger partial charge >= 0.3 is 5.97 Å². The molecule has 0 atom stereocenters. The molecule has 0 radical (unpaired) electrons. The van der Waals surface area contributed by atoms with E-state index in [2.05, 4.69) is 15.5 Å². The highest BCUT2D eigenvalue weighted by Crippen LogP contribution is 2.34. The number of anilines is 1. The number of nitrogens with zero attached hydrogens (tertiary/aromatic N) is 3. The van der Waals surface area contributed by atoms with E-state index in [1.165, 1.54) is 18.9 Å². The molecule has 0 aliphatic heterocycles. The monoisotopic (exact) mass is 451 g/mol. The SMILES string of the molecule is COC(=O)c1c(NC(=O)CSc2nnc(-c3cccs3)n2C)sc(C(N)=O)c1C. The molecule has 3 N–H and O–H groups in total. The van der Waals surface area contributed by atoms with Gasteiger partial charge in [-0.3, -0.25) is 9.59 Å². The maximum atomic E-state index is 12.4. The summed E-state index contributed by atoms with van der Waals surface area (Å²) in [5.41, 5.74) is 5.86. The van der Waals surface area contributed by atoms with E-state index in [0.29, 0.717) is 10.7 Å². The Morgan fingerprint density at radius 3 is 2.72 bits per heavy atom. The first-order valence-corrected chi connectivity index (χ1v) is 10.9. The fourth-order valence-corrected chi connectivity index (χ4v) is 5.06. The second-order valence-corrected chi connectivity index (χ2v) is 8.71. The maximum Gasteiger partial charge on any atom is 0.341 e. The second-order valence-electron chi connectivity index (χ2n) is 5.80. The smallest absolute Gasteiger partial charge is 0.341 e. The number of nitrogens with one attached hydrogen (secondary N) is 1. The van der Waals surface area contributed by atoms with E-state index in [4.69, 9.17) is 10.5 Å². The lowest BCUT2D eigenvalue weighted by Crippen LogP contribution is -2.16. The molecule has 29 heavy (non-hydrogen) atoms. The number of hydrogen-bond acceptors (Lipinski definition) is 9. The lowest BCUT2D eigenvalue weighted by atomic mass is 10.1. The fraction of sp³-hybridized carbons (Fsp3) is 0.235. The predicted octanol–water partition coefficient (Wildman–Crippen LogP) is 2.53. The third-order valence-corrected chi connectivity index (χ3v) is 7.03. The van der Waals surface area contributed by atoms with Crippen molar-refractivity contribution in [2.45, 2.75) is 12.1 Å².